The molecular weight excluding hydrogens is 610 g/mol. The number of anilines is 4. The Balaban J connectivity index is 0.995. The van der Waals surface area contributed by atoms with Crippen molar-refractivity contribution in [2.45, 2.75) is 32.2 Å². The normalized spacial score (nSPS) is 18.2. The molecule has 48 heavy (non-hydrogen) atoms. The van der Waals surface area contributed by atoms with Gasteiger partial charge in [-0.3, -0.25) is 4.79 Å². The molecule has 0 aliphatic carbocycles. The maximum Gasteiger partial charge on any atom is 0.257 e. The number of methoxy groups -OCH3 is 1. The molecule has 10 nitrogen and oxygen atoms in total. The Morgan fingerprint density at radius 3 is 2.40 bits per heavy atom. The van der Waals surface area contributed by atoms with Crippen molar-refractivity contribution in [2.24, 2.45) is 0 Å². The van der Waals surface area contributed by atoms with Gasteiger partial charge in [0.05, 0.1) is 56.2 Å². The van der Waals surface area contributed by atoms with Crippen LogP contribution in [0.4, 0.5) is 22.7 Å². The molecular formula is C38H41N3O7. The molecule has 2 saturated heterocycles. The smallest absolute Gasteiger partial charge is 0.257 e. The largest absolute Gasteiger partial charge is 0.493 e. The summed E-state index contributed by atoms with van der Waals surface area (Å²) in [7, 11) is 1.62. The van der Waals surface area contributed by atoms with Crippen molar-refractivity contribution in [3.05, 3.63) is 90.0 Å². The van der Waals surface area contributed by atoms with Crippen LogP contribution in [0.2, 0.25) is 0 Å². The number of nitrogens with one attached hydrogen (secondary N) is 2. The summed E-state index contributed by atoms with van der Waals surface area (Å²) in [5.41, 5.74) is 6.96. The number of fused-ring (bicyclic) bond motifs is 2. The lowest BCUT2D eigenvalue weighted by molar-refractivity contribution is -0.141. The molecule has 2 N–H and O–H groups in total. The second-order valence-electron chi connectivity index (χ2n) is 12.5. The van der Waals surface area contributed by atoms with Crippen molar-refractivity contribution in [1.29, 1.82) is 0 Å². The fourth-order valence-corrected chi connectivity index (χ4v) is 6.18. The molecule has 0 radical (unpaired) electrons. The highest BCUT2D eigenvalue weighted by Gasteiger charge is 2.33. The van der Waals surface area contributed by atoms with Gasteiger partial charge in [0.1, 0.15) is 18.5 Å². The Morgan fingerprint density at radius 2 is 1.62 bits per heavy atom. The fourth-order valence-electron chi connectivity index (χ4n) is 6.18. The average Bonchev–Trinajstić information content (AvgIpc) is 3.39. The van der Waals surface area contributed by atoms with E-state index in [0.717, 1.165) is 65.8 Å². The molecule has 4 aromatic rings. The van der Waals surface area contributed by atoms with Crippen molar-refractivity contribution < 1.29 is 33.2 Å². The molecule has 250 valence electrons. The van der Waals surface area contributed by atoms with E-state index < -0.39 is 5.79 Å². The highest BCUT2D eigenvalue weighted by molar-refractivity contribution is 6.12. The van der Waals surface area contributed by atoms with Crippen LogP contribution in [0.5, 0.6) is 17.2 Å². The summed E-state index contributed by atoms with van der Waals surface area (Å²) in [4.78, 5) is 15.6. The Hall–Kier alpha value is -4.77. The maximum atomic E-state index is 13.3. The van der Waals surface area contributed by atoms with Crippen molar-refractivity contribution in [1.82, 2.24) is 0 Å². The quantitative estimate of drug-likeness (QED) is 0.195. The number of hydrogen-bond acceptors (Lipinski definition) is 9. The van der Waals surface area contributed by atoms with Crippen molar-refractivity contribution in [3.63, 3.8) is 0 Å². The molecule has 2 fully saturated rings. The molecule has 10 heteroatoms. The minimum Gasteiger partial charge on any atom is -0.493 e. The van der Waals surface area contributed by atoms with Crippen LogP contribution in [0.15, 0.2) is 78.9 Å². The molecule has 0 aromatic heterocycles. The molecule has 1 amide bonds. The van der Waals surface area contributed by atoms with E-state index in [2.05, 4.69) is 33.7 Å². The van der Waals surface area contributed by atoms with Crippen LogP contribution >= 0.6 is 0 Å². The molecule has 3 aliphatic heterocycles. The third kappa shape index (κ3) is 7.21. The minimum atomic E-state index is -0.604. The first kappa shape index (κ1) is 31.8. The zero-order valence-electron chi connectivity index (χ0n) is 27.5. The molecule has 1 atom stereocenters. The van der Waals surface area contributed by atoms with Crippen molar-refractivity contribution in [3.8, 4) is 28.4 Å². The number of benzene rings is 4. The van der Waals surface area contributed by atoms with Crippen LogP contribution in [0.25, 0.3) is 11.1 Å². The molecule has 3 aliphatic rings. The van der Waals surface area contributed by atoms with Gasteiger partial charge in [-0.2, -0.15) is 0 Å². The molecule has 1 unspecified atom stereocenters. The number of hydrogen-bond donors (Lipinski definition) is 2. The SMILES string of the molecule is COc1cc(-c2ccc3c(c2)Nc2ccc(CCOc4ccc(N5CCOCC5)cc4)cc2NC3=O)ccc1OCC1COC(C)(C)O1. The van der Waals surface area contributed by atoms with Crippen LogP contribution in [-0.4, -0.2) is 71.0 Å². The van der Waals surface area contributed by atoms with E-state index in [9.17, 15) is 4.79 Å². The van der Waals surface area contributed by atoms with E-state index in [-0.39, 0.29) is 12.0 Å². The molecule has 3 heterocycles. The van der Waals surface area contributed by atoms with Gasteiger partial charge in [-0.1, -0.05) is 18.2 Å². The lowest BCUT2D eigenvalue weighted by Crippen LogP contribution is -2.36. The highest BCUT2D eigenvalue weighted by Crippen LogP contribution is 2.38. The maximum absolute atomic E-state index is 13.3. The van der Waals surface area contributed by atoms with Gasteiger partial charge in [-0.15, -0.1) is 0 Å². The molecule has 0 spiro atoms. The Labute approximate surface area is 280 Å². The number of rotatable bonds is 10. The number of carbonyl (C=O) groups is 1. The van der Waals surface area contributed by atoms with Crippen LogP contribution in [-0.2, 0) is 20.6 Å². The van der Waals surface area contributed by atoms with Gasteiger partial charge in [-0.25, -0.2) is 0 Å². The lowest BCUT2D eigenvalue weighted by atomic mass is 10.0. The van der Waals surface area contributed by atoms with Gasteiger partial charge in [-0.05, 0) is 91.2 Å². The predicted molar refractivity (Wildman–Crippen MR) is 185 cm³/mol. The van der Waals surface area contributed by atoms with E-state index in [1.165, 1.54) is 5.69 Å². The summed E-state index contributed by atoms with van der Waals surface area (Å²) in [5, 5.41) is 6.56. The summed E-state index contributed by atoms with van der Waals surface area (Å²) in [5.74, 6) is 1.30. The molecule has 7 rings (SSSR count). The Morgan fingerprint density at radius 1 is 0.833 bits per heavy atom. The molecule has 4 aromatic carbocycles. The summed E-state index contributed by atoms with van der Waals surface area (Å²) < 4.78 is 34.7. The van der Waals surface area contributed by atoms with Crippen LogP contribution < -0.4 is 29.7 Å². The van der Waals surface area contributed by atoms with Gasteiger partial charge in [0.2, 0.25) is 0 Å². The predicted octanol–water partition coefficient (Wildman–Crippen LogP) is 6.66. The van der Waals surface area contributed by atoms with E-state index >= 15 is 0 Å². The lowest BCUT2D eigenvalue weighted by Gasteiger charge is -2.28. The summed E-state index contributed by atoms with van der Waals surface area (Å²) >= 11 is 0. The number of morpholine rings is 1. The Bertz CT molecular complexity index is 1770. The van der Waals surface area contributed by atoms with Crippen LogP contribution in [0.3, 0.4) is 0 Å². The van der Waals surface area contributed by atoms with E-state index in [4.69, 9.17) is 28.4 Å². The number of nitrogens with zero attached hydrogens (tertiary/aromatic N) is 1. The van der Waals surface area contributed by atoms with Crippen molar-refractivity contribution >= 4 is 28.7 Å². The summed E-state index contributed by atoms with van der Waals surface area (Å²) in [6, 6.07) is 25.8. The average molecular weight is 652 g/mol. The first-order valence-electron chi connectivity index (χ1n) is 16.4. The molecule has 0 bridgehead atoms. The topological polar surface area (TPSA) is 99.8 Å². The second kappa shape index (κ2) is 13.8. The van der Waals surface area contributed by atoms with Crippen LogP contribution in [0, 0.1) is 0 Å². The number of carbonyl (C=O) groups excluding carboxylic acids is 1. The van der Waals surface area contributed by atoms with Crippen molar-refractivity contribution in [2.75, 3.05) is 68.8 Å². The van der Waals surface area contributed by atoms with Gasteiger partial charge >= 0.3 is 0 Å². The monoisotopic (exact) mass is 651 g/mol. The van der Waals surface area contributed by atoms with Gasteiger partial charge in [0.25, 0.3) is 5.91 Å². The first-order chi connectivity index (χ1) is 23.3. The number of amides is 1. The third-order valence-electron chi connectivity index (χ3n) is 8.73. The standard InChI is InChI=1S/C38H41N3O7/c1-38(2)47-24-30(48-38)23-46-35-13-6-27(22-36(35)43-3)26-5-11-31-33(21-26)39-32-12-4-25(20-34(32)40-37(31)42)14-17-45-29-9-7-28(8-10-29)41-15-18-44-19-16-41/h4-13,20-22,30,39H,14-19,23-24H2,1-3H3,(H,40,42). The van der Waals surface area contributed by atoms with Gasteiger partial charge in [0, 0.05) is 25.2 Å². The minimum absolute atomic E-state index is 0.150. The van der Waals surface area contributed by atoms with Gasteiger partial charge in [0.15, 0.2) is 17.3 Å². The highest BCUT2D eigenvalue weighted by atomic mass is 16.7. The Kier molecular flexibility index (Phi) is 9.12. The van der Waals surface area contributed by atoms with E-state index in [1.807, 2.05) is 74.5 Å². The molecule has 0 saturated carbocycles. The number of ether oxygens (including phenoxy) is 6. The second-order valence-corrected chi connectivity index (χ2v) is 12.5. The zero-order chi connectivity index (χ0) is 33.1. The third-order valence-corrected chi connectivity index (χ3v) is 8.73. The fraction of sp³-hybridized carbons (Fsp3) is 0.342. The first-order valence-corrected chi connectivity index (χ1v) is 16.4. The summed E-state index contributed by atoms with van der Waals surface area (Å²) in [6.07, 6.45) is 0.550. The van der Waals surface area contributed by atoms with Crippen LogP contribution in [0.1, 0.15) is 29.8 Å². The van der Waals surface area contributed by atoms with Gasteiger partial charge < -0.3 is 44.0 Å². The van der Waals surface area contributed by atoms with E-state index in [0.29, 0.717) is 43.3 Å². The zero-order valence-corrected chi connectivity index (χ0v) is 27.5. The summed E-state index contributed by atoms with van der Waals surface area (Å²) in [6.45, 7) is 8.47. The van der Waals surface area contributed by atoms with E-state index in [1.54, 1.807) is 7.11 Å².